The van der Waals surface area contributed by atoms with Gasteiger partial charge < -0.3 is 10.4 Å². The highest BCUT2D eigenvalue weighted by molar-refractivity contribution is 7.81. The lowest BCUT2D eigenvalue weighted by Gasteiger charge is -2.08. The Morgan fingerprint density at radius 2 is 1.67 bits per heavy atom. The van der Waals surface area contributed by atoms with Crippen LogP contribution >= 0.6 is 23.6 Å². The van der Waals surface area contributed by atoms with Crippen molar-refractivity contribution in [2.24, 2.45) is 0 Å². The fourth-order valence-corrected chi connectivity index (χ4v) is 3.91. The number of rotatable bonds is 4. The molecule has 4 aromatic rings. The molecule has 2 N–H and O–H groups in total. The number of aromatic carboxylic acids is 1. The molecule has 0 saturated heterocycles. The quantitative estimate of drug-likeness (QED) is 0.454. The fraction of sp³-hybridized carbons (Fsp3) is 0. The molecule has 4 rings (SSSR count). The molecule has 0 spiro atoms. The van der Waals surface area contributed by atoms with Gasteiger partial charge in [-0.15, -0.1) is 11.3 Å². The van der Waals surface area contributed by atoms with Crippen LogP contribution in [0.15, 0.2) is 72.1 Å². The maximum atomic E-state index is 11.4. The number of fused-ring (bicyclic) bond motifs is 1. The van der Waals surface area contributed by atoms with Crippen LogP contribution < -0.4 is 5.32 Å². The van der Waals surface area contributed by atoms with E-state index in [2.05, 4.69) is 34.6 Å². The summed E-state index contributed by atoms with van der Waals surface area (Å²) >= 11 is 6.82. The molecule has 0 amide bonds. The third kappa shape index (κ3) is 3.58. The summed E-state index contributed by atoms with van der Waals surface area (Å²) in [5.41, 5.74) is 2.51. The maximum absolute atomic E-state index is 11.4. The number of anilines is 1. The van der Waals surface area contributed by atoms with E-state index in [1.165, 1.54) is 22.8 Å². The molecule has 1 aromatic heterocycles. The van der Waals surface area contributed by atoms with Crippen LogP contribution in [0.4, 0.5) is 5.13 Å². The Morgan fingerprint density at radius 3 is 2.44 bits per heavy atom. The highest BCUT2D eigenvalue weighted by Crippen LogP contribution is 2.28. The third-order valence-corrected chi connectivity index (χ3v) is 5.25. The lowest BCUT2D eigenvalue weighted by atomic mass is 10.1. The largest absolute Gasteiger partial charge is 0.478 e. The summed E-state index contributed by atoms with van der Waals surface area (Å²) in [6.07, 6.45) is 0. The predicted octanol–water partition coefficient (Wildman–Crippen LogP) is 5.45. The van der Waals surface area contributed by atoms with Gasteiger partial charge in [0.05, 0.1) is 11.3 Å². The summed E-state index contributed by atoms with van der Waals surface area (Å²) in [5, 5.41) is 17.3. The Bertz CT molecular complexity index is 1170. The van der Waals surface area contributed by atoms with Crippen LogP contribution in [-0.2, 0) is 0 Å². The standard InChI is InChI=1S/C21H14N2O2S2/c24-20(25)17-8-4-3-7-16(17)19(26)23-21-22-18(12-27-21)15-10-9-13-5-1-2-6-14(13)11-15/h1-12H,(H,24,25)(H,22,23,26). The molecular formula is C21H14N2O2S2. The minimum absolute atomic E-state index is 0.168. The van der Waals surface area contributed by atoms with Gasteiger partial charge in [0.15, 0.2) is 5.13 Å². The Hall–Kier alpha value is -3.09. The van der Waals surface area contributed by atoms with Gasteiger partial charge in [-0.1, -0.05) is 66.8 Å². The summed E-state index contributed by atoms with van der Waals surface area (Å²) in [6.45, 7) is 0. The van der Waals surface area contributed by atoms with E-state index in [-0.39, 0.29) is 5.56 Å². The van der Waals surface area contributed by atoms with Crippen molar-refractivity contribution >= 4 is 50.4 Å². The van der Waals surface area contributed by atoms with Gasteiger partial charge in [-0.3, -0.25) is 0 Å². The van der Waals surface area contributed by atoms with Gasteiger partial charge >= 0.3 is 5.97 Å². The van der Waals surface area contributed by atoms with Crippen LogP contribution in [0.5, 0.6) is 0 Å². The van der Waals surface area contributed by atoms with Gasteiger partial charge in [0.2, 0.25) is 0 Å². The average molecular weight is 390 g/mol. The van der Waals surface area contributed by atoms with Gasteiger partial charge in [-0.2, -0.15) is 0 Å². The maximum Gasteiger partial charge on any atom is 0.336 e. The van der Waals surface area contributed by atoms with E-state index in [0.717, 1.165) is 16.6 Å². The van der Waals surface area contributed by atoms with Crippen molar-refractivity contribution in [2.75, 3.05) is 5.32 Å². The number of carbonyl (C=O) groups is 1. The van der Waals surface area contributed by atoms with Crippen LogP contribution in [0.3, 0.4) is 0 Å². The van der Waals surface area contributed by atoms with Crippen molar-refractivity contribution in [2.45, 2.75) is 0 Å². The van der Waals surface area contributed by atoms with Crippen molar-refractivity contribution in [3.63, 3.8) is 0 Å². The highest BCUT2D eigenvalue weighted by atomic mass is 32.1. The minimum atomic E-state index is -1.01. The van der Waals surface area contributed by atoms with Gasteiger partial charge in [0, 0.05) is 16.5 Å². The van der Waals surface area contributed by atoms with E-state index in [1.807, 2.05) is 23.6 Å². The second-order valence-electron chi connectivity index (χ2n) is 5.90. The first-order valence-electron chi connectivity index (χ1n) is 8.20. The first-order chi connectivity index (χ1) is 13.1. The Balaban J connectivity index is 1.59. The summed E-state index contributed by atoms with van der Waals surface area (Å²) in [4.78, 5) is 16.3. The van der Waals surface area contributed by atoms with Crippen LogP contribution in [0.2, 0.25) is 0 Å². The van der Waals surface area contributed by atoms with Gasteiger partial charge in [0.1, 0.15) is 4.99 Å². The zero-order valence-electron chi connectivity index (χ0n) is 14.0. The predicted molar refractivity (Wildman–Crippen MR) is 114 cm³/mol. The first-order valence-corrected chi connectivity index (χ1v) is 9.49. The minimum Gasteiger partial charge on any atom is -0.478 e. The monoisotopic (exact) mass is 390 g/mol. The van der Waals surface area contributed by atoms with Crippen molar-refractivity contribution in [1.29, 1.82) is 0 Å². The number of hydrogen-bond acceptors (Lipinski definition) is 4. The molecule has 0 saturated carbocycles. The summed E-state index contributed by atoms with van der Waals surface area (Å²) in [6, 6.07) is 21.1. The van der Waals surface area contributed by atoms with Gasteiger partial charge in [-0.25, -0.2) is 9.78 Å². The van der Waals surface area contributed by atoms with Crippen molar-refractivity contribution in [3.8, 4) is 11.3 Å². The van der Waals surface area contributed by atoms with E-state index in [9.17, 15) is 9.90 Å². The number of hydrogen-bond donors (Lipinski definition) is 2. The molecule has 1 heterocycles. The molecule has 0 radical (unpaired) electrons. The third-order valence-electron chi connectivity index (χ3n) is 4.17. The fourth-order valence-electron chi connectivity index (χ4n) is 2.84. The molecule has 0 atom stereocenters. The van der Waals surface area contributed by atoms with Crippen molar-refractivity contribution < 1.29 is 9.90 Å². The number of carboxylic acid groups (broad SMARTS) is 1. The molecule has 0 fully saturated rings. The topological polar surface area (TPSA) is 62.2 Å². The van der Waals surface area contributed by atoms with Crippen molar-refractivity contribution in [3.05, 3.63) is 83.2 Å². The molecule has 0 unspecified atom stereocenters. The normalized spacial score (nSPS) is 10.7. The lowest BCUT2D eigenvalue weighted by molar-refractivity contribution is 0.0696. The Morgan fingerprint density at radius 1 is 0.963 bits per heavy atom. The molecular weight excluding hydrogens is 376 g/mol. The zero-order valence-corrected chi connectivity index (χ0v) is 15.7. The number of benzene rings is 3. The second kappa shape index (κ2) is 7.26. The molecule has 0 aliphatic heterocycles. The van der Waals surface area contributed by atoms with Crippen LogP contribution in [0.25, 0.3) is 22.0 Å². The van der Waals surface area contributed by atoms with E-state index in [0.29, 0.717) is 15.7 Å². The molecule has 0 aliphatic carbocycles. The summed E-state index contributed by atoms with van der Waals surface area (Å²) in [5.74, 6) is -1.01. The Kier molecular flexibility index (Phi) is 4.66. The number of aromatic nitrogens is 1. The Labute approximate surface area is 165 Å². The van der Waals surface area contributed by atoms with E-state index >= 15 is 0 Å². The summed E-state index contributed by atoms with van der Waals surface area (Å²) in [7, 11) is 0. The van der Waals surface area contributed by atoms with Crippen LogP contribution in [-0.4, -0.2) is 21.0 Å². The SMILES string of the molecule is O=C(O)c1ccccc1C(=S)Nc1nc(-c2ccc3ccccc3c2)cs1. The van der Waals surface area contributed by atoms with Crippen LogP contribution in [0, 0.1) is 0 Å². The lowest BCUT2D eigenvalue weighted by Crippen LogP contribution is -2.15. The summed E-state index contributed by atoms with van der Waals surface area (Å²) < 4.78 is 0. The highest BCUT2D eigenvalue weighted by Gasteiger charge is 2.14. The molecule has 0 aliphatic rings. The molecule has 27 heavy (non-hydrogen) atoms. The average Bonchev–Trinajstić information content (AvgIpc) is 3.16. The van der Waals surface area contributed by atoms with Crippen LogP contribution in [0.1, 0.15) is 15.9 Å². The van der Waals surface area contributed by atoms with E-state index < -0.39 is 5.97 Å². The first kappa shape index (κ1) is 17.3. The smallest absolute Gasteiger partial charge is 0.336 e. The van der Waals surface area contributed by atoms with Gasteiger partial charge in [-0.05, 0) is 22.9 Å². The number of nitrogens with one attached hydrogen (secondary N) is 1. The molecule has 6 heteroatoms. The van der Waals surface area contributed by atoms with Gasteiger partial charge in [0.25, 0.3) is 0 Å². The van der Waals surface area contributed by atoms with E-state index in [4.69, 9.17) is 12.2 Å². The molecule has 132 valence electrons. The second-order valence-corrected chi connectivity index (χ2v) is 7.17. The number of carboxylic acids is 1. The van der Waals surface area contributed by atoms with E-state index in [1.54, 1.807) is 18.2 Å². The molecule has 3 aromatic carbocycles. The number of thiazole rings is 1. The molecule has 4 nitrogen and oxygen atoms in total. The number of thiocarbonyl (C=S) groups is 1. The number of nitrogens with zero attached hydrogens (tertiary/aromatic N) is 1. The van der Waals surface area contributed by atoms with Crippen molar-refractivity contribution in [1.82, 2.24) is 4.98 Å². The molecule has 0 bridgehead atoms. The zero-order chi connectivity index (χ0) is 18.8.